The molecular weight excluding hydrogens is 314 g/mol. The monoisotopic (exact) mass is 339 g/mol. The molecule has 5 nitrogen and oxygen atoms in total. The third-order valence-corrected chi connectivity index (χ3v) is 5.51. The third kappa shape index (κ3) is 5.71. The van der Waals surface area contributed by atoms with E-state index in [2.05, 4.69) is 5.32 Å². The Morgan fingerprint density at radius 1 is 1.17 bits per heavy atom. The number of benzene rings is 1. The van der Waals surface area contributed by atoms with Gasteiger partial charge in [-0.05, 0) is 31.9 Å². The van der Waals surface area contributed by atoms with Gasteiger partial charge in [-0.1, -0.05) is 37.0 Å². The summed E-state index contributed by atoms with van der Waals surface area (Å²) >= 11 is 0. The lowest BCUT2D eigenvalue weighted by Crippen LogP contribution is -2.32. The lowest BCUT2D eigenvalue weighted by Gasteiger charge is -2.20. The molecule has 1 aliphatic rings. The fourth-order valence-electron chi connectivity index (χ4n) is 2.78. The highest BCUT2D eigenvalue weighted by Crippen LogP contribution is 2.23. The number of carbonyl (C=O) groups excluding carboxylic acids is 1. The van der Waals surface area contributed by atoms with Gasteiger partial charge in [0.1, 0.15) is 5.78 Å². The van der Waals surface area contributed by atoms with E-state index in [0.717, 1.165) is 31.2 Å². The summed E-state index contributed by atoms with van der Waals surface area (Å²) in [5.74, 6) is 0.402. The molecule has 1 aliphatic carbocycles. The minimum atomic E-state index is -3.72. The van der Waals surface area contributed by atoms with E-state index in [4.69, 9.17) is 4.18 Å². The molecule has 0 radical (unpaired) electrons. The zero-order valence-electron chi connectivity index (χ0n) is 13.6. The van der Waals surface area contributed by atoms with E-state index in [-0.39, 0.29) is 23.2 Å². The van der Waals surface area contributed by atoms with Crippen LogP contribution >= 0.6 is 0 Å². The first-order valence-corrected chi connectivity index (χ1v) is 9.59. The average molecular weight is 339 g/mol. The summed E-state index contributed by atoms with van der Waals surface area (Å²) in [6.45, 7) is 2.54. The topological polar surface area (TPSA) is 72.5 Å². The highest BCUT2D eigenvalue weighted by atomic mass is 32.2. The van der Waals surface area contributed by atoms with Gasteiger partial charge in [0.2, 0.25) is 0 Å². The quantitative estimate of drug-likeness (QED) is 0.582. The molecule has 6 heteroatoms. The summed E-state index contributed by atoms with van der Waals surface area (Å²) < 4.78 is 28.9. The van der Waals surface area contributed by atoms with Crippen LogP contribution in [-0.4, -0.2) is 33.9 Å². The maximum atomic E-state index is 12.0. The fourth-order valence-corrected chi connectivity index (χ4v) is 3.69. The van der Waals surface area contributed by atoms with Crippen LogP contribution in [0.4, 0.5) is 0 Å². The Morgan fingerprint density at radius 2 is 1.83 bits per heavy atom. The standard InChI is InChI=1S/C17H25NO4S/c1-14-7-9-16(10-8-14)23(20,21)22-12-11-18-13-17(19)15-5-3-2-4-6-15/h7-10,15,18H,2-6,11-13H2,1H3. The van der Waals surface area contributed by atoms with Crippen molar-refractivity contribution in [3.05, 3.63) is 29.8 Å². The molecule has 1 N–H and O–H groups in total. The van der Waals surface area contributed by atoms with Crippen LogP contribution in [0, 0.1) is 12.8 Å². The molecule has 0 atom stereocenters. The molecule has 0 unspecified atom stereocenters. The van der Waals surface area contributed by atoms with E-state index in [1.54, 1.807) is 12.1 Å². The number of Topliss-reactive ketones (excluding diaryl/α,β-unsaturated/α-hetero) is 1. The molecule has 128 valence electrons. The smallest absolute Gasteiger partial charge is 0.297 e. The van der Waals surface area contributed by atoms with Crippen LogP contribution in [0.3, 0.4) is 0 Å². The van der Waals surface area contributed by atoms with E-state index >= 15 is 0 Å². The van der Waals surface area contributed by atoms with Crippen molar-refractivity contribution in [3.8, 4) is 0 Å². The van der Waals surface area contributed by atoms with Gasteiger partial charge < -0.3 is 5.32 Å². The number of ketones is 1. The van der Waals surface area contributed by atoms with Gasteiger partial charge in [-0.15, -0.1) is 0 Å². The minimum Gasteiger partial charge on any atom is -0.308 e. The molecule has 23 heavy (non-hydrogen) atoms. The molecule has 0 saturated heterocycles. The maximum absolute atomic E-state index is 12.0. The van der Waals surface area contributed by atoms with Gasteiger partial charge in [-0.3, -0.25) is 8.98 Å². The number of rotatable bonds is 8. The Labute approximate surface area is 138 Å². The van der Waals surface area contributed by atoms with Crippen molar-refractivity contribution in [1.29, 1.82) is 0 Å². The molecule has 0 heterocycles. The second-order valence-electron chi connectivity index (χ2n) is 6.07. The highest BCUT2D eigenvalue weighted by molar-refractivity contribution is 7.86. The van der Waals surface area contributed by atoms with Crippen molar-refractivity contribution in [3.63, 3.8) is 0 Å². The van der Waals surface area contributed by atoms with Crippen molar-refractivity contribution in [2.24, 2.45) is 5.92 Å². The summed E-state index contributed by atoms with van der Waals surface area (Å²) in [5, 5.41) is 2.98. The van der Waals surface area contributed by atoms with Gasteiger partial charge in [-0.2, -0.15) is 8.42 Å². The minimum absolute atomic E-state index is 0.0220. The Balaban J connectivity index is 1.68. The number of hydrogen-bond donors (Lipinski definition) is 1. The summed E-state index contributed by atoms with van der Waals surface area (Å²) in [5.41, 5.74) is 0.992. The second-order valence-corrected chi connectivity index (χ2v) is 7.68. The predicted molar refractivity (Wildman–Crippen MR) is 88.8 cm³/mol. The molecule has 1 aromatic carbocycles. The largest absolute Gasteiger partial charge is 0.308 e. The first-order valence-electron chi connectivity index (χ1n) is 8.18. The van der Waals surface area contributed by atoms with Crippen molar-refractivity contribution in [1.82, 2.24) is 5.32 Å². The van der Waals surface area contributed by atoms with Gasteiger partial charge in [0.25, 0.3) is 10.1 Å². The van der Waals surface area contributed by atoms with E-state index in [0.29, 0.717) is 13.1 Å². The van der Waals surface area contributed by atoms with Gasteiger partial charge in [-0.25, -0.2) is 0 Å². The number of aryl methyl sites for hydroxylation is 1. The molecule has 2 rings (SSSR count). The summed E-state index contributed by atoms with van der Waals surface area (Å²) in [4.78, 5) is 12.1. The zero-order chi connectivity index (χ0) is 16.7. The van der Waals surface area contributed by atoms with Gasteiger partial charge in [0, 0.05) is 12.5 Å². The molecule has 0 aromatic heterocycles. The maximum Gasteiger partial charge on any atom is 0.297 e. The number of carbonyl (C=O) groups is 1. The summed E-state index contributed by atoms with van der Waals surface area (Å²) in [7, 11) is -3.72. The van der Waals surface area contributed by atoms with Gasteiger partial charge in [0.15, 0.2) is 0 Å². The Morgan fingerprint density at radius 3 is 2.48 bits per heavy atom. The molecule has 0 spiro atoms. The van der Waals surface area contributed by atoms with Crippen LogP contribution in [0.1, 0.15) is 37.7 Å². The average Bonchev–Trinajstić information content (AvgIpc) is 2.55. The normalized spacial score (nSPS) is 16.4. The van der Waals surface area contributed by atoms with Crippen molar-refractivity contribution in [2.75, 3.05) is 19.7 Å². The van der Waals surface area contributed by atoms with Crippen LogP contribution in [0.5, 0.6) is 0 Å². The SMILES string of the molecule is Cc1ccc(S(=O)(=O)OCCNCC(=O)C2CCCCC2)cc1. The molecule has 0 amide bonds. The van der Waals surface area contributed by atoms with Crippen molar-refractivity contribution in [2.45, 2.75) is 43.9 Å². The van der Waals surface area contributed by atoms with Gasteiger partial charge in [0.05, 0.1) is 18.0 Å². The van der Waals surface area contributed by atoms with Crippen LogP contribution in [0.25, 0.3) is 0 Å². The van der Waals surface area contributed by atoms with Crippen LogP contribution in [-0.2, 0) is 19.1 Å². The predicted octanol–water partition coefficient (Wildman–Crippen LogP) is 2.44. The number of hydrogen-bond acceptors (Lipinski definition) is 5. The molecule has 0 bridgehead atoms. The molecular formula is C17H25NO4S. The molecule has 1 saturated carbocycles. The van der Waals surface area contributed by atoms with Crippen LogP contribution in [0.2, 0.25) is 0 Å². The van der Waals surface area contributed by atoms with E-state index < -0.39 is 10.1 Å². The first kappa shape index (κ1) is 18.1. The van der Waals surface area contributed by atoms with Gasteiger partial charge >= 0.3 is 0 Å². The Kier molecular flexibility index (Phi) is 6.74. The summed E-state index contributed by atoms with van der Waals surface area (Å²) in [6.07, 6.45) is 5.46. The zero-order valence-corrected chi connectivity index (χ0v) is 14.4. The lowest BCUT2D eigenvalue weighted by molar-refractivity contribution is -0.122. The van der Waals surface area contributed by atoms with E-state index in [1.165, 1.54) is 18.6 Å². The van der Waals surface area contributed by atoms with E-state index in [9.17, 15) is 13.2 Å². The van der Waals surface area contributed by atoms with Crippen molar-refractivity contribution >= 4 is 15.9 Å². The summed E-state index contributed by atoms with van der Waals surface area (Å²) in [6, 6.07) is 6.53. The fraction of sp³-hybridized carbons (Fsp3) is 0.588. The molecule has 1 fully saturated rings. The molecule has 0 aliphatic heterocycles. The Hall–Kier alpha value is -1.24. The van der Waals surface area contributed by atoms with Crippen molar-refractivity contribution < 1.29 is 17.4 Å². The third-order valence-electron chi connectivity index (χ3n) is 4.19. The van der Waals surface area contributed by atoms with Crippen LogP contribution < -0.4 is 5.32 Å². The highest BCUT2D eigenvalue weighted by Gasteiger charge is 2.20. The number of nitrogens with one attached hydrogen (secondary N) is 1. The van der Waals surface area contributed by atoms with E-state index in [1.807, 2.05) is 6.92 Å². The first-order chi connectivity index (χ1) is 11.0. The second kappa shape index (κ2) is 8.57. The molecule has 1 aromatic rings. The Bertz CT molecular complexity index is 604. The lowest BCUT2D eigenvalue weighted by atomic mass is 9.86. The van der Waals surface area contributed by atoms with Crippen LogP contribution in [0.15, 0.2) is 29.2 Å².